The van der Waals surface area contributed by atoms with Gasteiger partial charge in [0, 0.05) is 24.3 Å². The largest absolute Gasteiger partial charge is 0.494 e. The minimum absolute atomic E-state index is 0.0585. The van der Waals surface area contributed by atoms with Crippen LogP contribution in [0.1, 0.15) is 35.3 Å². The fraction of sp³-hybridized carbons (Fsp3) is 0.381. The summed E-state index contributed by atoms with van der Waals surface area (Å²) in [6, 6.07) is 15.3. The van der Waals surface area contributed by atoms with Crippen LogP contribution in [-0.2, 0) is 22.7 Å². The quantitative estimate of drug-likeness (QED) is 0.706. The lowest BCUT2D eigenvalue weighted by Crippen LogP contribution is -2.35. The summed E-state index contributed by atoms with van der Waals surface area (Å²) in [4.78, 5) is 12.4. The topological polar surface area (TPSA) is 56.8 Å². The summed E-state index contributed by atoms with van der Waals surface area (Å²) in [6.07, 6.45) is 0. The van der Waals surface area contributed by atoms with Crippen LogP contribution in [0, 0.1) is 0 Å². The molecule has 0 aliphatic carbocycles. The molecule has 1 atom stereocenters. The van der Waals surface area contributed by atoms with Crippen molar-refractivity contribution in [3.63, 3.8) is 0 Å². The second-order valence-electron chi connectivity index (χ2n) is 6.06. The highest BCUT2D eigenvalue weighted by Gasteiger charge is 2.13. The maximum Gasteiger partial charge on any atom is 0.251 e. The minimum Gasteiger partial charge on any atom is -0.494 e. The van der Waals surface area contributed by atoms with Crippen molar-refractivity contribution in [2.75, 3.05) is 20.3 Å². The molecular formula is C21H27NO4. The second-order valence-corrected chi connectivity index (χ2v) is 6.06. The SMILES string of the molecule is CCOc1ccc(C(=O)N[C@@H](C)COC)cc1COCc1ccccc1. The number of hydrogen-bond donors (Lipinski definition) is 1. The molecule has 2 aromatic carbocycles. The number of rotatable bonds is 10. The molecule has 5 nitrogen and oxygen atoms in total. The lowest BCUT2D eigenvalue weighted by molar-refractivity contribution is 0.0903. The summed E-state index contributed by atoms with van der Waals surface area (Å²) >= 11 is 0. The molecule has 0 unspecified atom stereocenters. The zero-order valence-electron chi connectivity index (χ0n) is 15.7. The van der Waals surface area contributed by atoms with Gasteiger partial charge in [-0.1, -0.05) is 30.3 Å². The van der Waals surface area contributed by atoms with E-state index in [1.807, 2.05) is 56.3 Å². The summed E-state index contributed by atoms with van der Waals surface area (Å²) < 4.78 is 16.5. The Hall–Kier alpha value is -2.37. The first-order valence-electron chi connectivity index (χ1n) is 8.81. The van der Waals surface area contributed by atoms with Gasteiger partial charge in [0.1, 0.15) is 5.75 Å². The molecule has 26 heavy (non-hydrogen) atoms. The van der Waals surface area contributed by atoms with Gasteiger partial charge in [-0.05, 0) is 37.6 Å². The van der Waals surface area contributed by atoms with Crippen molar-refractivity contribution in [2.24, 2.45) is 0 Å². The van der Waals surface area contributed by atoms with Crippen LogP contribution in [0.15, 0.2) is 48.5 Å². The number of nitrogens with one attached hydrogen (secondary N) is 1. The maximum absolute atomic E-state index is 12.4. The predicted molar refractivity (Wildman–Crippen MR) is 101 cm³/mol. The maximum atomic E-state index is 12.4. The molecule has 0 heterocycles. The van der Waals surface area contributed by atoms with Gasteiger partial charge in [-0.2, -0.15) is 0 Å². The summed E-state index contributed by atoms with van der Waals surface area (Å²) in [5.74, 6) is 0.601. The van der Waals surface area contributed by atoms with Crippen molar-refractivity contribution in [1.29, 1.82) is 0 Å². The summed E-state index contributed by atoms with van der Waals surface area (Å²) in [5.41, 5.74) is 2.54. The first-order valence-corrected chi connectivity index (χ1v) is 8.81. The Morgan fingerprint density at radius 3 is 2.58 bits per heavy atom. The fourth-order valence-corrected chi connectivity index (χ4v) is 2.58. The van der Waals surface area contributed by atoms with E-state index >= 15 is 0 Å². The third-order valence-corrected chi connectivity index (χ3v) is 3.79. The Bertz CT molecular complexity index is 688. The molecule has 1 N–H and O–H groups in total. The number of benzene rings is 2. The molecule has 2 rings (SSSR count). The van der Waals surface area contributed by atoms with Gasteiger partial charge in [0.05, 0.1) is 26.4 Å². The smallest absolute Gasteiger partial charge is 0.251 e. The van der Waals surface area contributed by atoms with E-state index < -0.39 is 0 Å². The lowest BCUT2D eigenvalue weighted by atomic mass is 10.1. The van der Waals surface area contributed by atoms with Crippen LogP contribution in [-0.4, -0.2) is 32.3 Å². The van der Waals surface area contributed by atoms with Crippen molar-refractivity contribution < 1.29 is 19.0 Å². The molecule has 0 aromatic heterocycles. The van der Waals surface area contributed by atoms with Crippen molar-refractivity contribution in [3.8, 4) is 5.75 Å². The average Bonchev–Trinajstić information content (AvgIpc) is 2.64. The number of amides is 1. The molecule has 1 amide bonds. The van der Waals surface area contributed by atoms with Gasteiger partial charge in [-0.3, -0.25) is 4.79 Å². The molecule has 0 aliphatic heterocycles. The molecule has 2 aromatic rings. The first-order chi connectivity index (χ1) is 12.6. The van der Waals surface area contributed by atoms with Gasteiger partial charge < -0.3 is 19.5 Å². The third-order valence-electron chi connectivity index (χ3n) is 3.79. The molecule has 0 saturated heterocycles. The molecule has 0 bridgehead atoms. The Morgan fingerprint density at radius 2 is 1.88 bits per heavy atom. The van der Waals surface area contributed by atoms with Crippen LogP contribution in [0.25, 0.3) is 0 Å². The summed E-state index contributed by atoms with van der Waals surface area (Å²) in [6.45, 7) is 5.74. The summed E-state index contributed by atoms with van der Waals surface area (Å²) in [5, 5.41) is 2.91. The lowest BCUT2D eigenvalue weighted by Gasteiger charge is -2.15. The van der Waals surface area contributed by atoms with Gasteiger partial charge in [0.15, 0.2) is 0 Å². The van der Waals surface area contributed by atoms with Crippen LogP contribution in [0.3, 0.4) is 0 Å². The average molecular weight is 357 g/mol. The molecule has 0 saturated carbocycles. The van der Waals surface area contributed by atoms with Crippen LogP contribution >= 0.6 is 0 Å². The van der Waals surface area contributed by atoms with E-state index in [0.717, 1.165) is 16.9 Å². The van der Waals surface area contributed by atoms with Gasteiger partial charge in [0.2, 0.25) is 0 Å². The number of methoxy groups -OCH3 is 1. The zero-order valence-corrected chi connectivity index (χ0v) is 15.7. The van der Waals surface area contributed by atoms with Crippen molar-refractivity contribution >= 4 is 5.91 Å². The molecule has 0 radical (unpaired) electrons. The Balaban J connectivity index is 2.05. The Labute approximate surface area is 155 Å². The fourth-order valence-electron chi connectivity index (χ4n) is 2.58. The molecule has 0 fully saturated rings. The highest BCUT2D eigenvalue weighted by atomic mass is 16.5. The van der Waals surface area contributed by atoms with E-state index in [-0.39, 0.29) is 11.9 Å². The Kier molecular flexibility index (Phi) is 8.12. The molecule has 0 spiro atoms. The molecular weight excluding hydrogens is 330 g/mol. The van der Waals surface area contributed by atoms with Crippen molar-refractivity contribution in [1.82, 2.24) is 5.32 Å². The van der Waals surface area contributed by atoms with E-state index in [2.05, 4.69) is 5.32 Å². The van der Waals surface area contributed by atoms with Gasteiger partial charge in [-0.25, -0.2) is 0 Å². The third kappa shape index (κ3) is 6.17. The van der Waals surface area contributed by atoms with Gasteiger partial charge >= 0.3 is 0 Å². The predicted octanol–water partition coefficient (Wildman–Crippen LogP) is 3.57. The second kappa shape index (κ2) is 10.6. The van der Waals surface area contributed by atoms with E-state index in [4.69, 9.17) is 14.2 Å². The molecule has 140 valence electrons. The number of ether oxygens (including phenoxy) is 3. The van der Waals surface area contributed by atoms with Crippen LogP contribution in [0.5, 0.6) is 5.75 Å². The molecule has 0 aliphatic rings. The Morgan fingerprint density at radius 1 is 1.12 bits per heavy atom. The first kappa shape index (κ1) is 19.9. The van der Waals surface area contributed by atoms with E-state index in [0.29, 0.717) is 32.0 Å². The van der Waals surface area contributed by atoms with Crippen molar-refractivity contribution in [2.45, 2.75) is 33.1 Å². The van der Waals surface area contributed by atoms with E-state index in [1.165, 1.54) is 0 Å². The van der Waals surface area contributed by atoms with Gasteiger partial charge in [-0.15, -0.1) is 0 Å². The molecule has 5 heteroatoms. The van der Waals surface area contributed by atoms with Crippen molar-refractivity contribution in [3.05, 3.63) is 65.2 Å². The normalized spacial score (nSPS) is 11.8. The minimum atomic E-state index is -0.137. The highest BCUT2D eigenvalue weighted by Crippen LogP contribution is 2.22. The standard InChI is InChI=1S/C21H27NO4/c1-4-26-20-11-10-18(21(23)22-16(2)13-24-3)12-19(20)15-25-14-17-8-6-5-7-9-17/h5-12,16H,4,13-15H2,1-3H3,(H,22,23)/t16-/m0/s1. The van der Waals surface area contributed by atoms with Crippen LogP contribution in [0.2, 0.25) is 0 Å². The van der Waals surface area contributed by atoms with Crippen LogP contribution in [0.4, 0.5) is 0 Å². The number of carbonyl (C=O) groups excluding carboxylic acids is 1. The van der Waals surface area contributed by atoms with E-state index in [9.17, 15) is 4.79 Å². The number of hydrogen-bond acceptors (Lipinski definition) is 4. The van der Waals surface area contributed by atoms with Crippen LogP contribution < -0.4 is 10.1 Å². The number of carbonyl (C=O) groups is 1. The zero-order chi connectivity index (χ0) is 18.8. The highest BCUT2D eigenvalue weighted by molar-refractivity contribution is 5.94. The monoisotopic (exact) mass is 357 g/mol. The summed E-state index contributed by atoms with van der Waals surface area (Å²) in [7, 11) is 1.61. The van der Waals surface area contributed by atoms with E-state index in [1.54, 1.807) is 13.2 Å². The van der Waals surface area contributed by atoms with Gasteiger partial charge in [0.25, 0.3) is 5.91 Å².